The number of para-hydroxylation sites is 1. The number of Topliss-reactive ketones (excluding diaryl/α,β-unsaturated/α-hetero) is 1. The number of nitrogens with one attached hydrogen (secondary N) is 2. The predicted octanol–water partition coefficient (Wildman–Crippen LogP) is 5.69. The monoisotopic (exact) mass is 414 g/mol. The first-order valence-corrected chi connectivity index (χ1v) is 10.1. The van der Waals surface area contributed by atoms with Crippen molar-refractivity contribution in [1.82, 2.24) is 0 Å². The number of hydrogen-bond acceptors (Lipinski definition) is 3. The van der Waals surface area contributed by atoms with Crippen LogP contribution in [0.1, 0.15) is 64.3 Å². The van der Waals surface area contributed by atoms with Gasteiger partial charge in [0.25, 0.3) is 11.8 Å². The van der Waals surface area contributed by atoms with Crippen LogP contribution in [0.25, 0.3) is 0 Å². The summed E-state index contributed by atoms with van der Waals surface area (Å²) in [7, 11) is 0. The fraction of sp³-hybridized carbons (Fsp3) is 0.192. The minimum atomic E-state index is -0.375. The first kappa shape index (κ1) is 22.0. The minimum absolute atomic E-state index is 0.000609. The highest BCUT2D eigenvalue weighted by Gasteiger charge is 2.17. The van der Waals surface area contributed by atoms with Gasteiger partial charge < -0.3 is 10.6 Å². The van der Waals surface area contributed by atoms with Crippen molar-refractivity contribution in [2.45, 2.75) is 33.1 Å². The van der Waals surface area contributed by atoms with Gasteiger partial charge in [0.05, 0.1) is 11.3 Å². The Hall–Kier alpha value is -3.73. The number of amides is 2. The van der Waals surface area contributed by atoms with Crippen molar-refractivity contribution in [2.24, 2.45) is 0 Å². The van der Waals surface area contributed by atoms with Crippen molar-refractivity contribution < 1.29 is 14.4 Å². The molecule has 0 unspecified atom stereocenters. The molecule has 0 radical (unpaired) electrons. The van der Waals surface area contributed by atoms with E-state index in [4.69, 9.17) is 0 Å². The molecule has 0 atom stereocenters. The Morgan fingerprint density at radius 3 is 2.03 bits per heavy atom. The SMILES string of the molecule is CC(=O)c1cccc(NC(=O)c2ccccc2NC(=O)c2ccc(C(C)(C)C)cc2)c1. The van der Waals surface area contributed by atoms with Gasteiger partial charge in [0.15, 0.2) is 5.78 Å². The van der Waals surface area contributed by atoms with Crippen LogP contribution in [0.5, 0.6) is 0 Å². The highest BCUT2D eigenvalue weighted by molar-refractivity contribution is 6.12. The Labute approximate surface area is 182 Å². The first-order chi connectivity index (χ1) is 14.6. The van der Waals surface area contributed by atoms with Crippen LogP contribution in [0.15, 0.2) is 72.8 Å². The van der Waals surface area contributed by atoms with E-state index in [1.54, 1.807) is 60.7 Å². The van der Waals surface area contributed by atoms with Gasteiger partial charge in [-0.05, 0) is 54.3 Å². The predicted molar refractivity (Wildman–Crippen MR) is 124 cm³/mol. The number of carbonyl (C=O) groups excluding carboxylic acids is 3. The summed E-state index contributed by atoms with van der Waals surface area (Å²) in [6.07, 6.45) is 0. The summed E-state index contributed by atoms with van der Waals surface area (Å²) in [4.78, 5) is 37.2. The van der Waals surface area contributed by atoms with Crippen LogP contribution in [-0.4, -0.2) is 17.6 Å². The van der Waals surface area contributed by atoms with Gasteiger partial charge in [-0.25, -0.2) is 0 Å². The summed E-state index contributed by atoms with van der Waals surface area (Å²) >= 11 is 0. The second-order valence-electron chi connectivity index (χ2n) is 8.42. The van der Waals surface area contributed by atoms with Crippen LogP contribution in [-0.2, 0) is 5.41 Å². The van der Waals surface area contributed by atoms with Gasteiger partial charge in [-0.2, -0.15) is 0 Å². The van der Waals surface area contributed by atoms with Gasteiger partial charge in [-0.3, -0.25) is 14.4 Å². The molecule has 3 aromatic carbocycles. The molecule has 0 bridgehead atoms. The Bertz CT molecular complexity index is 1130. The molecule has 2 N–H and O–H groups in total. The van der Waals surface area contributed by atoms with E-state index in [1.165, 1.54) is 6.92 Å². The fourth-order valence-corrected chi connectivity index (χ4v) is 3.12. The molecule has 0 saturated carbocycles. The zero-order valence-electron chi connectivity index (χ0n) is 18.2. The molecule has 0 saturated heterocycles. The highest BCUT2D eigenvalue weighted by atomic mass is 16.2. The van der Waals surface area contributed by atoms with Gasteiger partial charge in [0.1, 0.15) is 0 Å². The molecule has 31 heavy (non-hydrogen) atoms. The lowest BCUT2D eigenvalue weighted by Crippen LogP contribution is -2.18. The van der Waals surface area contributed by atoms with Crippen molar-refractivity contribution in [3.8, 4) is 0 Å². The molecule has 0 aliphatic carbocycles. The van der Waals surface area contributed by atoms with E-state index in [0.717, 1.165) is 5.56 Å². The molecule has 0 aliphatic heterocycles. The summed E-state index contributed by atoms with van der Waals surface area (Å²) < 4.78 is 0. The van der Waals surface area contributed by atoms with E-state index >= 15 is 0 Å². The second kappa shape index (κ2) is 8.96. The molecule has 0 aromatic heterocycles. The van der Waals surface area contributed by atoms with E-state index in [-0.39, 0.29) is 23.0 Å². The zero-order chi connectivity index (χ0) is 22.6. The smallest absolute Gasteiger partial charge is 0.257 e. The summed E-state index contributed by atoms with van der Waals surface area (Å²) in [5, 5.41) is 5.62. The van der Waals surface area contributed by atoms with Crippen molar-refractivity contribution in [3.05, 3.63) is 95.1 Å². The van der Waals surface area contributed by atoms with E-state index in [9.17, 15) is 14.4 Å². The zero-order valence-corrected chi connectivity index (χ0v) is 18.2. The van der Waals surface area contributed by atoms with Crippen molar-refractivity contribution in [2.75, 3.05) is 10.6 Å². The lowest BCUT2D eigenvalue weighted by molar-refractivity contribution is 0.100. The van der Waals surface area contributed by atoms with Crippen LogP contribution in [0.4, 0.5) is 11.4 Å². The topological polar surface area (TPSA) is 75.3 Å². The standard InChI is InChI=1S/C26H26N2O3/c1-17(29)19-8-7-9-21(16-19)27-25(31)22-10-5-6-11-23(22)28-24(30)18-12-14-20(15-13-18)26(2,3)4/h5-16H,1-4H3,(H,27,31)(H,28,30). The number of hydrogen-bond donors (Lipinski definition) is 2. The van der Waals surface area contributed by atoms with Crippen LogP contribution in [0.2, 0.25) is 0 Å². The molecule has 3 aromatic rings. The molecule has 0 spiro atoms. The van der Waals surface area contributed by atoms with Gasteiger partial charge in [-0.1, -0.05) is 57.2 Å². The highest BCUT2D eigenvalue weighted by Crippen LogP contribution is 2.23. The number of carbonyl (C=O) groups is 3. The summed E-state index contributed by atoms with van der Waals surface area (Å²) in [6, 6.07) is 21.0. The van der Waals surface area contributed by atoms with Crippen LogP contribution < -0.4 is 10.6 Å². The van der Waals surface area contributed by atoms with Gasteiger partial charge in [-0.15, -0.1) is 0 Å². The fourth-order valence-electron chi connectivity index (χ4n) is 3.12. The first-order valence-electron chi connectivity index (χ1n) is 10.1. The molecule has 158 valence electrons. The maximum Gasteiger partial charge on any atom is 0.257 e. The van der Waals surface area contributed by atoms with E-state index in [1.807, 2.05) is 12.1 Å². The van der Waals surface area contributed by atoms with Crippen LogP contribution in [0, 0.1) is 0 Å². The third-order valence-electron chi connectivity index (χ3n) is 4.96. The number of rotatable bonds is 5. The summed E-state index contributed by atoms with van der Waals surface area (Å²) in [6.45, 7) is 7.81. The quantitative estimate of drug-likeness (QED) is 0.527. The molecular weight excluding hydrogens is 388 g/mol. The average Bonchev–Trinajstić information content (AvgIpc) is 2.73. The third-order valence-corrected chi connectivity index (χ3v) is 4.96. The Morgan fingerprint density at radius 1 is 0.710 bits per heavy atom. The Balaban J connectivity index is 1.78. The molecular formula is C26H26N2O3. The molecule has 2 amide bonds. The largest absolute Gasteiger partial charge is 0.322 e. The molecule has 0 aliphatic rings. The third kappa shape index (κ3) is 5.45. The van der Waals surface area contributed by atoms with E-state index in [0.29, 0.717) is 28.1 Å². The van der Waals surface area contributed by atoms with Gasteiger partial charge in [0, 0.05) is 16.8 Å². The maximum absolute atomic E-state index is 12.8. The van der Waals surface area contributed by atoms with E-state index < -0.39 is 0 Å². The number of anilines is 2. The maximum atomic E-state index is 12.8. The average molecular weight is 415 g/mol. The lowest BCUT2D eigenvalue weighted by Gasteiger charge is -2.19. The molecule has 3 rings (SSSR count). The number of benzene rings is 3. The number of ketones is 1. The van der Waals surface area contributed by atoms with Crippen LogP contribution in [0.3, 0.4) is 0 Å². The molecule has 0 heterocycles. The van der Waals surface area contributed by atoms with Crippen molar-refractivity contribution >= 4 is 29.0 Å². The van der Waals surface area contributed by atoms with Gasteiger partial charge in [0.2, 0.25) is 0 Å². The van der Waals surface area contributed by atoms with Crippen LogP contribution >= 0.6 is 0 Å². The molecule has 5 nitrogen and oxygen atoms in total. The van der Waals surface area contributed by atoms with Gasteiger partial charge >= 0.3 is 0 Å². The summed E-state index contributed by atoms with van der Waals surface area (Å²) in [5.74, 6) is -0.750. The van der Waals surface area contributed by atoms with Crippen molar-refractivity contribution in [1.29, 1.82) is 0 Å². The molecule has 0 fully saturated rings. The van der Waals surface area contributed by atoms with E-state index in [2.05, 4.69) is 31.4 Å². The van der Waals surface area contributed by atoms with Crippen molar-refractivity contribution in [3.63, 3.8) is 0 Å². The Morgan fingerprint density at radius 2 is 1.39 bits per heavy atom. The second-order valence-corrected chi connectivity index (χ2v) is 8.42. The lowest BCUT2D eigenvalue weighted by atomic mass is 9.86. The Kier molecular flexibility index (Phi) is 6.35. The normalized spacial score (nSPS) is 11.0. The minimum Gasteiger partial charge on any atom is -0.322 e. The molecule has 5 heteroatoms. The summed E-state index contributed by atoms with van der Waals surface area (Å²) in [5.41, 5.74) is 3.41.